The molecule has 2 saturated heterocycles. The average molecular weight is 423 g/mol. The van der Waals surface area contributed by atoms with Crippen molar-refractivity contribution in [3.8, 4) is 5.75 Å². The van der Waals surface area contributed by atoms with E-state index < -0.39 is 6.36 Å². The Morgan fingerprint density at radius 3 is 2.64 bits per heavy atom. The average Bonchev–Trinajstić information content (AvgIpc) is 2.91. The van der Waals surface area contributed by atoms with E-state index in [0.717, 1.165) is 12.8 Å². The second kappa shape index (κ2) is 6.43. The lowest BCUT2D eigenvalue weighted by Crippen LogP contribution is -2.44. The molecule has 0 N–H and O–H groups in total. The number of fused-ring (bicyclic) bond motifs is 2. The first-order valence-electron chi connectivity index (χ1n) is 8.35. The minimum absolute atomic E-state index is 0.0871. The molecule has 2 heterocycles. The van der Waals surface area contributed by atoms with E-state index >= 15 is 0 Å². The van der Waals surface area contributed by atoms with Crippen LogP contribution in [0.5, 0.6) is 5.75 Å². The highest BCUT2D eigenvalue weighted by Crippen LogP contribution is 2.57. The van der Waals surface area contributed by atoms with Gasteiger partial charge in [-0.05, 0) is 37.0 Å². The molecule has 25 heavy (non-hydrogen) atoms. The summed E-state index contributed by atoms with van der Waals surface area (Å²) in [5.74, 6) is 0.110. The SMILES string of the molecule is CC(C)C12CC(OCc3cccc(OC(F)(F)F)c3)C(C)(CC1Br)O2. The number of alkyl halides is 4. The van der Waals surface area contributed by atoms with E-state index in [1.165, 1.54) is 18.2 Å². The van der Waals surface area contributed by atoms with Gasteiger partial charge in [0.2, 0.25) is 0 Å². The summed E-state index contributed by atoms with van der Waals surface area (Å²) in [6.07, 6.45) is -3.15. The number of benzene rings is 1. The molecule has 2 aliphatic rings. The van der Waals surface area contributed by atoms with E-state index in [-0.39, 0.29) is 34.5 Å². The van der Waals surface area contributed by atoms with Crippen LogP contribution in [0.2, 0.25) is 0 Å². The number of halogens is 4. The lowest BCUT2D eigenvalue weighted by molar-refractivity contribution is -0.274. The normalized spacial score (nSPS) is 34.7. The Labute approximate surface area is 154 Å². The van der Waals surface area contributed by atoms with Crippen LogP contribution in [0.15, 0.2) is 24.3 Å². The van der Waals surface area contributed by atoms with E-state index in [0.29, 0.717) is 11.5 Å². The van der Waals surface area contributed by atoms with E-state index in [1.54, 1.807) is 6.07 Å². The molecule has 0 aromatic heterocycles. The minimum atomic E-state index is -4.69. The standard InChI is InChI=1S/C18H22BrF3O3/c1-11(2)17-9-15(16(3,25-17)8-14(17)19)23-10-12-5-4-6-13(7-12)24-18(20,21)22/h4-7,11,14-15H,8-10H2,1-3H3. The molecule has 0 saturated carbocycles. The van der Waals surface area contributed by atoms with Crippen molar-refractivity contribution >= 4 is 15.9 Å². The van der Waals surface area contributed by atoms with Gasteiger partial charge in [-0.15, -0.1) is 13.2 Å². The smallest absolute Gasteiger partial charge is 0.406 e. The summed E-state index contributed by atoms with van der Waals surface area (Å²) in [5, 5.41) is 0. The number of hydrogen-bond donors (Lipinski definition) is 0. The second-order valence-electron chi connectivity index (χ2n) is 7.40. The maximum Gasteiger partial charge on any atom is 0.573 e. The van der Waals surface area contributed by atoms with Gasteiger partial charge in [-0.25, -0.2) is 0 Å². The molecule has 2 bridgehead atoms. The largest absolute Gasteiger partial charge is 0.573 e. The first-order chi connectivity index (χ1) is 11.5. The Morgan fingerprint density at radius 2 is 2.04 bits per heavy atom. The Morgan fingerprint density at radius 1 is 1.32 bits per heavy atom. The van der Waals surface area contributed by atoms with Gasteiger partial charge in [0.1, 0.15) is 5.75 Å². The van der Waals surface area contributed by atoms with Gasteiger partial charge in [0.25, 0.3) is 0 Å². The van der Waals surface area contributed by atoms with Crippen molar-refractivity contribution in [3.63, 3.8) is 0 Å². The molecule has 7 heteroatoms. The lowest BCUT2D eigenvalue weighted by atomic mass is 9.75. The Balaban J connectivity index is 1.66. The molecular weight excluding hydrogens is 401 g/mol. The van der Waals surface area contributed by atoms with Crippen LogP contribution in [-0.2, 0) is 16.1 Å². The van der Waals surface area contributed by atoms with E-state index in [9.17, 15) is 13.2 Å². The van der Waals surface area contributed by atoms with Crippen molar-refractivity contribution in [3.05, 3.63) is 29.8 Å². The van der Waals surface area contributed by atoms with Gasteiger partial charge in [-0.1, -0.05) is 41.9 Å². The summed E-state index contributed by atoms with van der Waals surface area (Å²) >= 11 is 3.75. The van der Waals surface area contributed by atoms with Crippen molar-refractivity contribution < 1.29 is 27.4 Å². The first-order valence-corrected chi connectivity index (χ1v) is 9.26. The van der Waals surface area contributed by atoms with Gasteiger partial charge < -0.3 is 14.2 Å². The van der Waals surface area contributed by atoms with Crippen LogP contribution in [0.4, 0.5) is 13.2 Å². The Bertz CT molecular complexity index is 636. The summed E-state index contributed by atoms with van der Waals surface area (Å²) in [4.78, 5) is 0.286. The van der Waals surface area contributed by atoms with E-state index in [4.69, 9.17) is 9.47 Å². The van der Waals surface area contributed by atoms with E-state index in [2.05, 4.69) is 34.5 Å². The molecule has 0 spiro atoms. The maximum atomic E-state index is 12.3. The van der Waals surface area contributed by atoms with Crippen molar-refractivity contribution in [2.24, 2.45) is 5.92 Å². The quantitative estimate of drug-likeness (QED) is 0.609. The highest BCUT2D eigenvalue weighted by molar-refractivity contribution is 9.09. The highest BCUT2D eigenvalue weighted by atomic mass is 79.9. The molecule has 2 aliphatic heterocycles. The highest BCUT2D eigenvalue weighted by Gasteiger charge is 2.65. The van der Waals surface area contributed by atoms with Crippen LogP contribution in [-0.4, -0.2) is 28.5 Å². The summed E-state index contributed by atoms with van der Waals surface area (Å²) in [6, 6.07) is 5.89. The minimum Gasteiger partial charge on any atom is -0.406 e. The third kappa shape index (κ3) is 3.69. The molecular formula is C18H22BrF3O3. The van der Waals surface area contributed by atoms with Crippen molar-refractivity contribution in [2.75, 3.05) is 0 Å². The zero-order valence-corrected chi connectivity index (χ0v) is 16.0. The molecule has 4 atom stereocenters. The lowest BCUT2D eigenvalue weighted by Gasteiger charge is -2.35. The topological polar surface area (TPSA) is 27.7 Å². The fraction of sp³-hybridized carbons (Fsp3) is 0.667. The van der Waals surface area contributed by atoms with Gasteiger partial charge in [0.05, 0.1) is 23.9 Å². The van der Waals surface area contributed by atoms with Crippen LogP contribution in [0.25, 0.3) is 0 Å². The zero-order chi connectivity index (χ0) is 18.5. The van der Waals surface area contributed by atoms with E-state index in [1.807, 2.05) is 6.92 Å². The molecule has 2 fully saturated rings. The number of hydrogen-bond acceptors (Lipinski definition) is 3. The Kier molecular flexibility index (Phi) is 4.88. The van der Waals surface area contributed by atoms with Gasteiger partial charge in [0, 0.05) is 11.2 Å². The van der Waals surface area contributed by atoms with Crippen LogP contribution in [0.3, 0.4) is 0 Å². The summed E-state index contributed by atoms with van der Waals surface area (Å²) in [6.45, 7) is 6.55. The van der Waals surface area contributed by atoms with Crippen LogP contribution in [0, 0.1) is 5.92 Å². The molecule has 140 valence electrons. The van der Waals surface area contributed by atoms with Crippen molar-refractivity contribution in [2.45, 2.75) is 68.7 Å². The van der Waals surface area contributed by atoms with Gasteiger partial charge in [-0.3, -0.25) is 0 Å². The van der Waals surface area contributed by atoms with Gasteiger partial charge >= 0.3 is 6.36 Å². The monoisotopic (exact) mass is 422 g/mol. The second-order valence-corrected chi connectivity index (χ2v) is 8.50. The molecule has 0 aliphatic carbocycles. The molecule has 0 radical (unpaired) electrons. The predicted octanol–water partition coefficient (Wildman–Crippen LogP) is 5.21. The predicted molar refractivity (Wildman–Crippen MR) is 90.7 cm³/mol. The molecule has 1 aromatic rings. The summed E-state index contributed by atoms with van der Waals surface area (Å²) in [7, 11) is 0. The third-order valence-electron chi connectivity index (χ3n) is 5.28. The van der Waals surface area contributed by atoms with Crippen molar-refractivity contribution in [1.82, 2.24) is 0 Å². The fourth-order valence-electron chi connectivity index (χ4n) is 3.92. The van der Waals surface area contributed by atoms with Crippen LogP contribution < -0.4 is 4.74 Å². The summed E-state index contributed by atoms with van der Waals surface area (Å²) < 4.78 is 53.4. The van der Waals surface area contributed by atoms with Crippen molar-refractivity contribution in [1.29, 1.82) is 0 Å². The summed E-state index contributed by atoms with van der Waals surface area (Å²) in [5.41, 5.74) is 0.0150. The van der Waals surface area contributed by atoms with Gasteiger partial charge in [-0.2, -0.15) is 0 Å². The molecule has 3 nitrogen and oxygen atoms in total. The van der Waals surface area contributed by atoms with Crippen LogP contribution in [0.1, 0.15) is 39.2 Å². The molecule has 1 aromatic carbocycles. The first kappa shape index (κ1) is 19.0. The number of rotatable bonds is 5. The zero-order valence-electron chi connectivity index (χ0n) is 14.4. The molecule has 3 rings (SSSR count). The third-order valence-corrected chi connectivity index (χ3v) is 6.38. The fourth-order valence-corrected chi connectivity index (χ4v) is 5.37. The molecule has 4 unspecified atom stereocenters. The Hall–Kier alpha value is -0.790. The number of ether oxygens (including phenoxy) is 3. The van der Waals surface area contributed by atoms with Gasteiger partial charge in [0.15, 0.2) is 0 Å². The molecule has 0 amide bonds. The maximum absolute atomic E-state index is 12.3. The van der Waals surface area contributed by atoms with Crippen LogP contribution >= 0.6 is 15.9 Å².